The van der Waals surface area contributed by atoms with Crippen molar-refractivity contribution < 1.29 is 28.5 Å². The van der Waals surface area contributed by atoms with E-state index in [4.69, 9.17) is 9.15 Å². The third-order valence-electron chi connectivity index (χ3n) is 4.84. The van der Waals surface area contributed by atoms with Crippen LogP contribution in [0.2, 0.25) is 0 Å². The number of hydrogen-bond donors (Lipinski definition) is 1. The largest absolute Gasteiger partial charge is 0.456 e. The van der Waals surface area contributed by atoms with Crippen molar-refractivity contribution in [2.45, 2.75) is 19.4 Å². The van der Waals surface area contributed by atoms with E-state index in [2.05, 4.69) is 5.32 Å². The zero-order valence-electron chi connectivity index (χ0n) is 16.0. The van der Waals surface area contributed by atoms with E-state index in [0.717, 1.165) is 16.2 Å². The molecule has 11 heteroatoms. The summed E-state index contributed by atoms with van der Waals surface area (Å²) in [5.41, 5.74) is 1.70. The number of carbonyl (C=O) groups excluding carboxylic acids is 3. The third kappa shape index (κ3) is 4.06. The van der Waals surface area contributed by atoms with Crippen LogP contribution in [-0.2, 0) is 27.3 Å². The van der Waals surface area contributed by atoms with Crippen molar-refractivity contribution in [1.82, 2.24) is 4.57 Å². The lowest BCUT2D eigenvalue weighted by Gasteiger charge is -2.17. The summed E-state index contributed by atoms with van der Waals surface area (Å²) in [5.74, 6) is -2.25. The van der Waals surface area contributed by atoms with Gasteiger partial charge >= 0.3 is 11.7 Å². The van der Waals surface area contributed by atoms with Gasteiger partial charge in [0, 0.05) is 23.7 Å². The maximum absolute atomic E-state index is 12.4. The molecule has 0 fully saturated rings. The van der Waals surface area contributed by atoms with Crippen molar-refractivity contribution in [3.05, 3.63) is 68.2 Å². The summed E-state index contributed by atoms with van der Waals surface area (Å²) in [5, 5.41) is 13.5. The molecule has 3 aromatic rings. The minimum atomic E-state index is -0.879. The molecule has 2 heterocycles. The Morgan fingerprint density at radius 2 is 1.97 bits per heavy atom. The highest BCUT2D eigenvalue weighted by atomic mass is 16.6. The molecule has 0 aliphatic carbocycles. The molecule has 2 aromatic carbocycles. The van der Waals surface area contributed by atoms with Gasteiger partial charge in [-0.3, -0.25) is 29.1 Å². The standard InChI is InChI=1S/C20H15N3O8/c24-16(12-1-4-14-11(7-12)2-6-18(25)21-14)10-30-19(26)9-22-15-5-3-13(23(28)29)8-17(15)31-20(22)27/h1,3-5,7-8H,2,6,9-10H2,(H,21,25). The number of nitro groups is 1. The zero-order valence-corrected chi connectivity index (χ0v) is 16.0. The molecule has 1 N–H and O–H groups in total. The number of anilines is 1. The number of amides is 1. The van der Waals surface area contributed by atoms with Crippen molar-refractivity contribution in [1.29, 1.82) is 0 Å². The SMILES string of the molecule is O=C1CCc2cc(C(=O)COC(=O)Cn3c(=O)oc4cc([N+](=O)[O-])ccc43)ccc2N1. The van der Waals surface area contributed by atoms with Gasteiger partial charge in [0.05, 0.1) is 16.5 Å². The summed E-state index contributed by atoms with van der Waals surface area (Å²) < 4.78 is 10.9. The molecule has 1 aliphatic heterocycles. The van der Waals surface area contributed by atoms with E-state index in [-0.39, 0.29) is 22.7 Å². The van der Waals surface area contributed by atoms with Gasteiger partial charge in [0.1, 0.15) is 6.54 Å². The number of benzene rings is 2. The van der Waals surface area contributed by atoms with E-state index in [0.29, 0.717) is 24.1 Å². The quantitative estimate of drug-likeness (QED) is 0.272. The predicted molar refractivity (Wildman–Crippen MR) is 106 cm³/mol. The molecule has 0 unspecified atom stereocenters. The highest BCUT2D eigenvalue weighted by Gasteiger charge is 2.19. The summed E-state index contributed by atoms with van der Waals surface area (Å²) >= 11 is 0. The Labute approximate surface area is 173 Å². The number of aryl methyl sites for hydroxylation is 1. The van der Waals surface area contributed by atoms with Crippen LogP contribution in [0.4, 0.5) is 11.4 Å². The van der Waals surface area contributed by atoms with Crippen molar-refractivity contribution in [2.75, 3.05) is 11.9 Å². The van der Waals surface area contributed by atoms with E-state index in [1.807, 2.05) is 0 Å². The number of nitrogens with zero attached hydrogens (tertiary/aromatic N) is 2. The van der Waals surface area contributed by atoms with E-state index in [1.54, 1.807) is 12.1 Å². The molecule has 0 bridgehead atoms. The average Bonchev–Trinajstić information content (AvgIpc) is 3.05. The first-order valence-corrected chi connectivity index (χ1v) is 9.21. The molecule has 0 atom stereocenters. The van der Waals surface area contributed by atoms with Crippen LogP contribution in [0.25, 0.3) is 11.1 Å². The zero-order chi connectivity index (χ0) is 22.1. The Hall–Kier alpha value is -4.28. The third-order valence-corrected chi connectivity index (χ3v) is 4.84. The van der Waals surface area contributed by atoms with Crippen molar-refractivity contribution in [3.8, 4) is 0 Å². The first kappa shape index (κ1) is 20.0. The summed E-state index contributed by atoms with van der Waals surface area (Å²) in [7, 11) is 0. The number of oxazole rings is 1. The summed E-state index contributed by atoms with van der Waals surface area (Å²) in [6.45, 7) is -1.05. The molecule has 1 amide bonds. The maximum Gasteiger partial charge on any atom is 0.420 e. The number of nitro benzene ring substituents is 1. The Bertz CT molecular complexity index is 1300. The van der Waals surface area contributed by atoms with Crippen LogP contribution in [0.15, 0.2) is 45.6 Å². The molecule has 11 nitrogen and oxygen atoms in total. The number of ether oxygens (including phenoxy) is 1. The van der Waals surface area contributed by atoms with E-state index in [1.165, 1.54) is 18.2 Å². The number of non-ortho nitro benzene ring substituents is 1. The topological polar surface area (TPSA) is 151 Å². The minimum absolute atomic E-state index is 0.0378. The highest BCUT2D eigenvalue weighted by molar-refractivity contribution is 6.00. The lowest BCUT2D eigenvalue weighted by atomic mass is 9.99. The molecule has 0 radical (unpaired) electrons. The number of esters is 1. The van der Waals surface area contributed by atoms with Crippen molar-refractivity contribution >= 4 is 40.1 Å². The first-order chi connectivity index (χ1) is 14.8. The van der Waals surface area contributed by atoms with Crippen LogP contribution in [0.5, 0.6) is 0 Å². The number of nitrogens with one attached hydrogen (secondary N) is 1. The summed E-state index contributed by atoms with van der Waals surface area (Å²) in [6.07, 6.45) is 0.840. The lowest BCUT2D eigenvalue weighted by Crippen LogP contribution is -2.24. The van der Waals surface area contributed by atoms with Gasteiger partial charge in [-0.25, -0.2) is 4.79 Å². The monoisotopic (exact) mass is 425 g/mol. The van der Waals surface area contributed by atoms with E-state index in [9.17, 15) is 29.3 Å². The smallest absolute Gasteiger partial charge is 0.420 e. The van der Waals surface area contributed by atoms with Crippen LogP contribution in [-0.4, -0.2) is 33.8 Å². The first-order valence-electron chi connectivity index (χ1n) is 9.21. The number of fused-ring (bicyclic) bond motifs is 2. The maximum atomic E-state index is 12.4. The number of aromatic nitrogens is 1. The minimum Gasteiger partial charge on any atom is -0.456 e. The van der Waals surface area contributed by atoms with Gasteiger partial charge < -0.3 is 14.5 Å². The Morgan fingerprint density at radius 1 is 1.16 bits per heavy atom. The van der Waals surface area contributed by atoms with Crippen molar-refractivity contribution in [3.63, 3.8) is 0 Å². The van der Waals surface area contributed by atoms with Crippen LogP contribution in [0.3, 0.4) is 0 Å². The molecule has 0 saturated heterocycles. The normalized spacial score (nSPS) is 12.8. The number of Topliss-reactive ketones (excluding diaryl/α,β-unsaturated/α-hetero) is 1. The van der Waals surface area contributed by atoms with Gasteiger partial charge in [0.2, 0.25) is 5.91 Å². The summed E-state index contributed by atoms with van der Waals surface area (Å²) in [6, 6.07) is 8.36. The lowest BCUT2D eigenvalue weighted by molar-refractivity contribution is -0.384. The van der Waals surface area contributed by atoms with Crippen LogP contribution < -0.4 is 11.1 Å². The number of ketones is 1. The highest BCUT2D eigenvalue weighted by Crippen LogP contribution is 2.24. The Balaban J connectivity index is 1.42. The molecular weight excluding hydrogens is 410 g/mol. The molecular formula is C20H15N3O8. The van der Waals surface area contributed by atoms with E-state index < -0.39 is 35.6 Å². The fourth-order valence-electron chi connectivity index (χ4n) is 3.28. The van der Waals surface area contributed by atoms with Gasteiger partial charge in [-0.1, -0.05) is 0 Å². The fourth-order valence-corrected chi connectivity index (χ4v) is 3.28. The van der Waals surface area contributed by atoms with Crippen LogP contribution in [0, 0.1) is 10.1 Å². The molecule has 1 aliphatic rings. The van der Waals surface area contributed by atoms with Gasteiger partial charge in [-0.15, -0.1) is 0 Å². The molecule has 158 valence electrons. The Kier molecular flexibility index (Phi) is 5.07. The molecule has 31 heavy (non-hydrogen) atoms. The van der Waals surface area contributed by atoms with Crippen molar-refractivity contribution in [2.24, 2.45) is 0 Å². The molecule has 4 rings (SSSR count). The fraction of sp³-hybridized carbons (Fsp3) is 0.200. The van der Waals surface area contributed by atoms with Crippen LogP contribution >= 0.6 is 0 Å². The second-order valence-electron chi connectivity index (χ2n) is 6.87. The predicted octanol–water partition coefficient (Wildman–Crippen LogP) is 1.81. The second-order valence-corrected chi connectivity index (χ2v) is 6.87. The average molecular weight is 425 g/mol. The van der Waals surface area contributed by atoms with Gasteiger partial charge in [0.15, 0.2) is 18.0 Å². The Morgan fingerprint density at radius 3 is 2.74 bits per heavy atom. The van der Waals surface area contributed by atoms with E-state index >= 15 is 0 Å². The summed E-state index contributed by atoms with van der Waals surface area (Å²) in [4.78, 5) is 58.1. The molecule has 0 saturated carbocycles. The number of hydrogen-bond acceptors (Lipinski definition) is 8. The number of carbonyl (C=O) groups is 3. The molecule has 0 spiro atoms. The van der Waals surface area contributed by atoms with Crippen LogP contribution in [0.1, 0.15) is 22.3 Å². The second kappa shape index (κ2) is 7.86. The van der Waals surface area contributed by atoms with Gasteiger partial charge in [-0.05, 0) is 36.2 Å². The number of rotatable bonds is 6. The van der Waals surface area contributed by atoms with Gasteiger partial charge in [0.25, 0.3) is 5.69 Å². The molecule has 1 aromatic heterocycles. The van der Waals surface area contributed by atoms with Gasteiger partial charge in [-0.2, -0.15) is 0 Å².